The first-order chi connectivity index (χ1) is 11.7. The Balaban J connectivity index is 2.20. The van der Waals surface area contributed by atoms with E-state index in [-0.39, 0.29) is 18.6 Å². The van der Waals surface area contributed by atoms with Crippen molar-refractivity contribution in [2.45, 2.75) is 63.8 Å². The molecule has 6 nitrogen and oxygen atoms in total. The van der Waals surface area contributed by atoms with Crippen LogP contribution in [0.4, 0.5) is 4.79 Å². The largest absolute Gasteiger partial charge is 0.497 e. The Kier molecular flexibility index (Phi) is 6.30. The quantitative estimate of drug-likeness (QED) is 0.851. The Labute approximate surface area is 149 Å². The lowest BCUT2D eigenvalue weighted by Gasteiger charge is -2.34. The lowest BCUT2D eigenvalue weighted by Crippen LogP contribution is -2.50. The number of methoxy groups -OCH3 is 1. The first kappa shape index (κ1) is 19.5. The maximum atomic E-state index is 12.7. The number of amides is 1. The summed E-state index contributed by atoms with van der Waals surface area (Å²) >= 11 is 0. The summed E-state index contributed by atoms with van der Waals surface area (Å²) in [4.78, 5) is 14.4. The van der Waals surface area contributed by atoms with E-state index in [1.165, 1.54) is 0 Å². The van der Waals surface area contributed by atoms with Crippen LogP contribution in [-0.2, 0) is 11.2 Å². The molecule has 0 bridgehead atoms. The molecule has 0 radical (unpaired) electrons. The van der Waals surface area contributed by atoms with E-state index in [1.54, 1.807) is 12.0 Å². The van der Waals surface area contributed by atoms with Crippen molar-refractivity contribution in [1.82, 2.24) is 4.90 Å². The van der Waals surface area contributed by atoms with Gasteiger partial charge in [0.1, 0.15) is 11.4 Å². The Morgan fingerprint density at radius 3 is 2.72 bits per heavy atom. The zero-order valence-electron chi connectivity index (χ0n) is 15.6. The fourth-order valence-electron chi connectivity index (χ4n) is 3.32. The van der Waals surface area contributed by atoms with Crippen LogP contribution in [0.2, 0.25) is 0 Å². The van der Waals surface area contributed by atoms with Gasteiger partial charge < -0.3 is 20.3 Å². The summed E-state index contributed by atoms with van der Waals surface area (Å²) in [5.41, 5.74) is 6.13. The van der Waals surface area contributed by atoms with Crippen LogP contribution in [0.15, 0.2) is 24.3 Å². The first-order valence-electron chi connectivity index (χ1n) is 8.77. The zero-order chi connectivity index (χ0) is 18.6. The van der Waals surface area contributed by atoms with Gasteiger partial charge in [-0.05, 0) is 57.7 Å². The fourth-order valence-corrected chi connectivity index (χ4v) is 3.32. The summed E-state index contributed by atoms with van der Waals surface area (Å²) in [6, 6.07) is 7.48. The van der Waals surface area contributed by atoms with Gasteiger partial charge in [0, 0.05) is 12.6 Å². The van der Waals surface area contributed by atoms with Crippen LogP contribution in [-0.4, -0.2) is 53.5 Å². The minimum absolute atomic E-state index is 0.0341. The Morgan fingerprint density at radius 1 is 1.40 bits per heavy atom. The van der Waals surface area contributed by atoms with Crippen LogP contribution < -0.4 is 10.5 Å². The van der Waals surface area contributed by atoms with E-state index < -0.39 is 17.8 Å². The molecule has 2 rings (SSSR count). The topological polar surface area (TPSA) is 85.0 Å². The van der Waals surface area contributed by atoms with Crippen molar-refractivity contribution in [3.8, 4) is 5.75 Å². The van der Waals surface area contributed by atoms with Gasteiger partial charge in [-0.25, -0.2) is 4.79 Å². The molecule has 6 heteroatoms. The summed E-state index contributed by atoms with van der Waals surface area (Å²) in [6.07, 6.45) is 1.06. The van der Waals surface area contributed by atoms with E-state index >= 15 is 0 Å². The summed E-state index contributed by atoms with van der Waals surface area (Å²) in [5.74, 6) is 0.790. The van der Waals surface area contributed by atoms with Crippen LogP contribution in [0.25, 0.3) is 0 Å². The van der Waals surface area contributed by atoms with Crippen LogP contribution in [0.1, 0.15) is 39.2 Å². The summed E-state index contributed by atoms with van der Waals surface area (Å²) in [7, 11) is 1.63. The van der Waals surface area contributed by atoms with E-state index in [0.717, 1.165) is 17.7 Å². The predicted molar refractivity (Wildman–Crippen MR) is 96.6 cm³/mol. The van der Waals surface area contributed by atoms with Crippen molar-refractivity contribution in [3.63, 3.8) is 0 Å². The zero-order valence-corrected chi connectivity index (χ0v) is 15.6. The molecule has 1 fully saturated rings. The van der Waals surface area contributed by atoms with Gasteiger partial charge in [0.25, 0.3) is 0 Å². The number of ether oxygens (including phenoxy) is 2. The predicted octanol–water partition coefficient (Wildman–Crippen LogP) is 2.33. The second-order valence-corrected chi connectivity index (χ2v) is 7.54. The number of nitrogens with two attached hydrogens (primary N) is 1. The first-order valence-corrected chi connectivity index (χ1v) is 8.77. The molecule has 0 aliphatic carbocycles. The molecule has 3 atom stereocenters. The minimum atomic E-state index is -0.747. The molecule has 1 amide bonds. The number of hydrogen-bond donors (Lipinski definition) is 2. The molecule has 1 aliphatic rings. The number of carbonyl (C=O) groups excluding carboxylic acids is 1. The highest BCUT2D eigenvalue weighted by Crippen LogP contribution is 2.31. The molecule has 1 saturated heterocycles. The van der Waals surface area contributed by atoms with Gasteiger partial charge in [0.15, 0.2) is 0 Å². The third-order valence-corrected chi connectivity index (χ3v) is 4.44. The van der Waals surface area contributed by atoms with E-state index in [0.29, 0.717) is 12.8 Å². The van der Waals surface area contributed by atoms with Crippen molar-refractivity contribution in [2.75, 3.05) is 13.7 Å². The van der Waals surface area contributed by atoms with Gasteiger partial charge in [-0.3, -0.25) is 4.90 Å². The molecule has 1 heterocycles. The summed E-state index contributed by atoms with van der Waals surface area (Å²) in [6.45, 7) is 5.64. The molecular weight excluding hydrogens is 320 g/mol. The standard InChI is InChI=1S/C19H30N2O4/c1-19(2,3)25-18(23)21-14(8-9-16(21)17(22)12-20)10-13-6-5-7-15(11-13)24-4/h5-7,11,14,16-17,22H,8-10,12,20H2,1-4H3. The maximum absolute atomic E-state index is 12.7. The number of hydrogen-bond acceptors (Lipinski definition) is 5. The number of nitrogens with zero attached hydrogens (tertiary/aromatic N) is 1. The molecule has 0 aromatic heterocycles. The van der Waals surface area contributed by atoms with Crippen molar-refractivity contribution >= 4 is 6.09 Å². The Hall–Kier alpha value is -1.79. The minimum Gasteiger partial charge on any atom is -0.497 e. The number of carbonyl (C=O) groups is 1. The normalized spacial score (nSPS) is 21.9. The number of aliphatic hydroxyl groups is 1. The molecular formula is C19H30N2O4. The molecule has 1 aliphatic heterocycles. The highest BCUT2D eigenvalue weighted by atomic mass is 16.6. The molecule has 140 valence electrons. The van der Waals surface area contributed by atoms with Crippen LogP contribution in [0.5, 0.6) is 5.75 Å². The molecule has 1 aromatic rings. The van der Waals surface area contributed by atoms with Crippen LogP contribution in [0, 0.1) is 0 Å². The van der Waals surface area contributed by atoms with E-state index in [4.69, 9.17) is 15.2 Å². The van der Waals surface area contributed by atoms with Crippen molar-refractivity contribution in [1.29, 1.82) is 0 Å². The summed E-state index contributed by atoms with van der Waals surface area (Å²) < 4.78 is 10.8. The average Bonchev–Trinajstić information content (AvgIpc) is 2.96. The highest BCUT2D eigenvalue weighted by Gasteiger charge is 2.42. The SMILES string of the molecule is COc1cccc(CC2CCC(C(O)CN)N2C(=O)OC(C)(C)C)c1. The second-order valence-electron chi connectivity index (χ2n) is 7.54. The number of benzene rings is 1. The third kappa shape index (κ3) is 5.09. The third-order valence-electron chi connectivity index (χ3n) is 4.44. The van der Waals surface area contributed by atoms with Gasteiger partial charge in [0.05, 0.1) is 19.3 Å². The van der Waals surface area contributed by atoms with Gasteiger partial charge in [-0.15, -0.1) is 0 Å². The highest BCUT2D eigenvalue weighted by molar-refractivity contribution is 5.69. The Bertz CT molecular complexity index is 585. The number of likely N-dealkylation sites (tertiary alicyclic amines) is 1. The number of aliphatic hydroxyl groups excluding tert-OH is 1. The average molecular weight is 350 g/mol. The smallest absolute Gasteiger partial charge is 0.410 e. The summed E-state index contributed by atoms with van der Waals surface area (Å²) in [5, 5.41) is 10.2. The van der Waals surface area contributed by atoms with E-state index in [1.807, 2.05) is 45.0 Å². The monoisotopic (exact) mass is 350 g/mol. The fraction of sp³-hybridized carbons (Fsp3) is 0.632. The van der Waals surface area contributed by atoms with E-state index in [2.05, 4.69) is 0 Å². The van der Waals surface area contributed by atoms with Crippen LogP contribution in [0.3, 0.4) is 0 Å². The van der Waals surface area contributed by atoms with Gasteiger partial charge in [-0.1, -0.05) is 12.1 Å². The van der Waals surface area contributed by atoms with Gasteiger partial charge in [0.2, 0.25) is 0 Å². The molecule has 3 N–H and O–H groups in total. The molecule has 3 unspecified atom stereocenters. The van der Waals surface area contributed by atoms with Crippen molar-refractivity contribution < 1.29 is 19.4 Å². The van der Waals surface area contributed by atoms with Gasteiger partial charge in [-0.2, -0.15) is 0 Å². The Morgan fingerprint density at radius 2 is 2.12 bits per heavy atom. The maximum Gasteiger partial charge on any atom is 0.410 e. The molecule has 25 heavy (non-hydrogen) atoms. The van der Waals surface area contributed by atoms with Crippen LogP contribution >= 0.6 is 0 Å². The number of rotatable bonds is 5. The molecule has 0 saturated carbocycles. The molecule has 0 spiro atoms. The van der Waals surface area contributed by atoms with E-state index in [9.17, 15) is 9.90 Å². The van der Waals surface area contributed by atoms with Gasteiger partial charge >= 0.3 is 6.09 Å². The van der Waals surface area contributed by atoms with Crippen molar-refractivity contribution in [2.24, 2.45) is 5.73 Å². The lowest BCUT2D eigenvalue weighted by molar-refractivity contribution is -0.00261. The second kappa shape index (κ2) is 8.06. The van der Waals surface area contributed by atoms with Crippen molar-refractivity contribution in [3.05, 3.63) is 29.8 Å². The lowest BCUT2D eigenvalue weighted by atomic mass is 10.0. The molecule has 1 aromatic carbocycles.